The first kappa shape index (κ1) is 17.8. The highest BCUT2D eigenvalue weighted by atomic mass is 32.2. The third kappa shape index (κ3) is 2.92. The molecule has 0 atom stereocenters. The molecule has 0 spiro atoms. The second-order valence-corrected chi connectivity index (χ2v) is 14.7. The quantitative estimate of drug-likeness (QED) is 0.177. The Bertz CT molecular complexity index is 1270. The van der Waals surface area contributed by atoms with Crippen molar-refractivity contribution < 1.29 is 0 Å². The summed E-state index contributed by atoms with van der Waals surface area (Å²) in [6, 6.07) is 29.6. The summed E-state index contributed by atoms with van der Waals surface area (Å²) < 4.78 is 0. The van der Waals surface area contributed by atoms with E-state index in [2.05, 4.69) is 98.9 Å². The van der Waals surface area contributed by atoms with Crippen LogP contribution in [-0.2, 0) is 0 Å². The number of hydrogen-bond acceptors (Lipinski definition) is 1. The largest absolute Gasteiger partial charge is 0.129 e. The lowest BCUT2D eigenvalue weighted by molar-refractivity contribution is 1.38. The molecular weight excluding hydrogens is 372 g/mol. The van der Waals surface area contributed by atoms with Crippen LogP contribution in [0.4, 0.5) is 0 Å². The van der Waals surface area contributed by atoms with Gasteiger partial charge in [0.25, 0.3) is 0 Å². The molecule has 0 saturated heterocycles. The SMILES string of the molecule is Cc1ccc(SC[Si](C)(C)c2ccc3ccc4cccc5ccc2c3c45)cc1. The summed E-state index contributed by atoms with van der Waals surface area (Å²) in [6.07, 6.45) is 0. The van der Waals surface area contributed by atoms with Gasteiger partial charge in [-0.05, 0) is 56.7 Å². The Labute approximate surface area is 171 Å². The van der Waals surface area contributed by atoms with Gasteiger partial charge in [-0.3, -0.25) is 0 Å². The normalized spacial score (nSPS) is 12.4. The molecule has 0 aliphatic carbocycles. The molecule has 0 radical (unpaired) electrons. The molecule has 28 heavy (non-hydrogen) atoms. The van der Waals surface area contributed by atoms with Gasteiger partial charge >= 0.3 is 0 Å². The van der Waals surface area contributed by atoms with E-state index in [1.54, 1.807) is 5.19 Å². The van der Waals surface area contributed by atoms with Crippen molar-refractivity contribution in [2.75, 3.05) is 5.38 Å². The van der Waals surface area contributed by atoms with Gasteiger partial charge in [-0.15, -0.1) is 11.8 Å². The van der Waals surface area contributed by atoms with Gasteiger partial charge in [0.05, 0.1) is 8.07 Å². The minimum atomic E-state index is -1.60. The predicted octanol–water partition coefficient (Wildman–Crippen LogP) is 7.14. The molecule has 5 rings (SSSR count). The predicted molar refractivity (Wildman–Crippen MR) is 129 cm³/mol. The van der Waals surface area contributed by atoms with E-state index < -0.39 is 8.07 Å². The molecule has 0 saturated carbocycles. The van der Waals surface area contributed by atoms with Crippen molar-refractivity contribution in [3.8, 4) is 0 Å². The fourth-order valence-corrected chi connectivity index (χ4v) is 8.83. The van der Waals surface area contributed by atoms with Crippen molar-refractivity contribution >= 4 is 57.3 Å². The first-order valence-electron chi connectivity index (χ1n) is 9.89. The topological polar surface area (TPSA) is 0 Å². The van der Waals surface area contributed by atoms with Crippen molar-refractivity contribution in [1.29, 1.82) is 0 Å². The minimum absolute atomic E-state index is 1.19. The number of thioether (sulfide) groups is 1. The maximum Gasteiger partial charge on any atom is 0.0915 e. The van der Waals surface area contributed by atoms with E-state index in [-0.39, 0.29) is 0 Å². The van der Waals surface area contributed by atoms with Crippen LogP contribution in [0.3, 0.4) is 0 Å². The maximum absolute atomic E-state index is 2.51. The Morgan fingerprint density at radius 3 is 2.00 bits per heavy atom. The molecule has 0 N–H and O–H groups in total. The van der Waals surface area contributed by atoms with Crippen LogP contribution in [0.1, 0.15) is 5.56 Å². The highest BCUT2D eigenvalue weighted by Crippen LogP contribution is 2.35. The summed E-state index contributed by atoms with van der Waals surface area (Å²) in [4.78, 5) is 1.38. The summed E-state index contributed by atoms with van der Waals surface area (Å²) >= 11 is 2.01. The van der Waals surface area contributed by atoms with E-state index in [0.717, 1.165) is 0 Å². The van der Waals surface area contributed by atoms with Gasteiger partial charge in [-0.2, -0.15) is 0 Å². The molecule has 0 aliphatic rings. The summed E-state index contributed by atoms with van der Waals surface area (Å²) in [6.45, 7) is 7.18. The van der Waals surface area contributed by atoms with Crippen molar-refractivity contribution in [3.05, 3.63) is 84.4 Å². The zero-order valence-electron chi connectivity index (χ0n) is 16.6. The highest BCUT2D eigenvalue weighted by Gasteiger charge is 2.26. The van der Waals surface area contributed by atoms with E-state index in [4.69, 9.17) is 0 Å². The van der Waals surface area contributed by atoms with Crippen LogP contribution in [0, 0.1) is 6.92 Å². The van der Waals surface area contributed by atoms with Crippen LogP contribution in [0.5, 0.6) is 0 Å². The number of rotatable bonds is 4. The van der Waals surface area contributed by atoms with Crippen LogP contribution in [0.15, 0.2) is 83.8 Å². The van der Waals surface area contributed by atoms with E-state index in [1.165, 1.54) is 48.2 Å². The standard InChI is InChI=1S/C26H24SSi/c1-18-7-13-22(14-8-18)27-17-28(2,3)24-16-12-21-10-9-19-5-4-6-20-11-15-23(24)26(21)25(19)20/h4-16H,17H2,1-3H3. The van der Waals surface area contributed by atoms with Gasteiger partial charge in [-0.25, -0.2) is 0 Å². The maximum atomic E-state index is 2.51. The van der Waals surface area contributed by atoms with E-state index >= 15 is 0 Å². The Balaban J connectivity index is 1.62. The minimum Gasteiger partial charge on any atom is -0.129 e. The smallest absolute Gasteiger partial charge is 0.0915 e. The number of aryl methyl sites for hydroxylation is 1. The van der Waals surface area contributed by atoms with Crippen LogP contribution < -0.4 is 5.19 Å². The molecule has 0 fully saturated rings. The van der Waals surface area contributed by atoms with Gasteiger partial charge in [0.2, 0.25) is 0 Å². The third-order valence-corrected chi connectivity index (χ3v) is 11.8. The van der Waals surface area contributed by atoms with Crippen molar-refractivity contribution in [2.45, 2.75) is 24.9 Å². The van der Waals surface area contributed by atoms with Gasteiger partial charge in [0.15, 0.2) is 0 Å². The molecule has 0 aromatic heterocycles. The zero-order chi connectivity index (χ0) is 19.3. The second kappa shape index (κ2) is 6.65. The van der Waals surface area contributed by atoms with Crippen LogP contribution in [-0.4, -0.2) is 13.5 Å². The zero-order valence-corrected chi connectivity index (χ0v) is 18.4. The Morgan fingerprint density at radius 2 is 1.29 bits per heavy atom. The molecule has 0 amide bonds. The fraction of sp³-hybridized carbons (Fsp3) is 0.154. The number of hydrogen-bond donors (Lipinski definition) is 0. The van der Waals surface area contributed by atoms with Crippen LogP contribution >= 0.6 is 11.8 Å². The second-order valence-electron chi connectivity index (χ2n) is 8.45. The number of benzene rings is 5. The highest BCUT2D eigenvalue weighted by molar-refractivity contribution is 8.01. The lowest BCUT2D eigenvalue weighted by atomic mass is 9.94. The average Bonchev–Trinajstić information content (AvgIpc) is 2.71. The van der Waals surface area contributed by atoms with Gasteiger partial charge in [0.1, 0.15) is 0 Å². The molecule has 138 valence electrons. The third-order valence-electron chi connectivity index (χ3n) is 5.88. The Morgan fingerprint density at radius 1 is 0.679 bits per heavy atom. The van der Waals surface area contributed by atoms with Crippen molar-refractivity contribution in [1.82, 2.24) is 0 Å². The summed E-state index contributed by atoms with van der Waals surface area (Å²) in [5.41, 5.74) is 1.33. The van der Waals surface area contributed by atoms with Crippen molar-refractivity contribution in [2.24, 2.45) is 0 Å². The lowest BCUT2D eigenvalue weighted by Gasteiger charge is -2.25. The van der Waals surface area contributed by atoms with Gasteiger partial charge in [0, 0.05) is 4.90 Å². The summed E-state index contributed by atoms with van der Waals surface area (Å²) in [7, 11) is -1.60. The van der Waals surface area contributed by atoms with Crippen LogP contribution in [0.2, 0.25) is 13.1 Å². The lowest BCUT2D eigenvalue weighted by Crippen LogP contribution is -2.44. The summed E-state index contributed by atoms with van der Waals surface area (Å²) in [5.74, 6) is 0. The molecular formula is C26H24SSi. The summed E-state index contributed by atoms with van der Waals surface area (Å²) in [5, 5.41) is 11.2. The van der Waals surface area contributed by atoms with E-state index in [0.29, 0.717) is 0 Å². The molecule has 0 unspecified atom stereocenters. The Kier molecular flexibility index (Phi) is 4.22. The average molecular weight is 397 g/mol. The first-order valence-corrected chi connectivity index (χ1v) is 14.1. The van der Waals surface area contributed by atoms with E-state index in [1.807, 2.05) is 11.8 Å². The molecule has 2 heteroatoms. The molecule has 5 aromatic rings. The molecule has 0 aliphatic heterocycles. The molecule has 0 heterocycles. The molecule has 5 aromatic carbocycles. The van der Waals surface area contributed by atoms with Gasteiger partial charge in [-0.1, -0.05) is 90.6 Å². The van der Waals surface area contributed by atoms with Crippen LogP contribution in [0.25, 0.3) is 32.3 Å². The first-order chi connectivity index (χ1) is 13.5. The molecule has 0 bridgehead atoms. The Hall–Kier alpha value is -2.29. The van der Waals surface area contributed by atoms with Crippen molar-refractivity contribution in [3.63, 3.8) is 0 Å². The van der Waals surface area contributed by atoms with E-state index in [9.17, 15) is 0 Å². The fourth-order valence-electron chi connectivity index (χ4n) is 4.30. The monoisotopic (exact) mass is 396 g/mol. The molecule has 0 nitrogen and oxygen atoms in total. The van der Waals surface area contributed by atoms with Gasteiger partial charge < -0.3 is 0 Å².